The van der Waals surface area contributed by atoms with Gasteiger partial charge in [0.05, 0.1) is 10.6 Å². The molecule has 0 spiro atoms. The number of aliphatic imine (C=N–C) groups is 1. The first-order valence-corrected chi connectivity index (χ1v) is 10.2. The Hall–Kier alpha value is -1.56. The van der Waals surface area contributed by atoms with E-state index < -0.39 is 0 Å². The monoisotopic (exact) mass is 361 g/mol. The van der Waals surface area contributed by atoms with E-state index in [4.69, 9.17) is 4.99 Å². The number of nitrogens with zero attached hydrogens (tertiary/aromatic N) is 3. The zero-order valence-electron chi connectivity index (χ0n) is 15.3. The predicted octanol–water partition coefficient (Wildman–Crippen LogP) is 5.30. The SMILES string of the molecule is Cc1cc([N+](=O)[O-])ccc1/N=C1\SC[C@H](CC(C)C)N1C1CCCC1. The molecule has 1 aromatic rings. The van der Waals surface area contributed by atoms with Crippen LogP contribution in [0.25, 0.3) is 0 Å². The Balaban J connectivity index is 1.88. The maximum atomic E-state index is 10.9. The van der Waals surface area contributed by atoms with E-state index in [1.54, 1.807) is 18.2 Å². The molecule has 1 aliphatic heterocycles. The van der Waals surface area contributed by atoms with Crippen molar-refractivity contribution < 1.29 is 4.92 Å². The molecule has 0 unspecified atom stereocenters. The molecule has 1 aromatic carbocycles. The summed E-state index contributed by atoms with van der Waals surface area (Å²) in [6, 6.07) is 6.12. The number of rotatable bonds is 5. The zero-order chi connectivity index (χ0) is 18.0. The molecule has 0 radical (unpaired) electrons. The summed E-state index contributed by atoms with van der Waals surface area (Å²) in [5.74, 6) is 1.77. The summed E-state index contributed by atoms with van der Waals surface area (Å²) in [7, 11) is 0. The maximum Gasteiger partial charge on any atom is 0.269 e. The maximum absolute atomic E-state index is 10.9. The quantitative estimate of drug-likeness (QED) is 0.527. The average molecular weight is 362 g/mol. The van der Waals surface area contributed by atoms with Crippen LogP contribution in [0.4, 0.5) is 11.4 Å². The fraction of sp³-hybridized carbons (Fsp3) is 0.632. The van der Waals surface area contributed by atoms with Crippen molar-refractivity contribution in [3.05, 3.63) is 33.9 Å². The van der Waals surface area contributed by atoms with E-state index in [1.807, 2.05) is 18.7 Å². The Morgan fingerprint density at radius 1 is 1.36 bits per heavy atom. The van der Waals surface area contributed by atoms with Crippen molar-refractivity contribution in [1.29, 1.82) is 0 Å². The Morgan fingerprint density at radius 2 is 2.08 bits per heavy atom. The summed E-state index contributed by atoms with van der Waals surface area (Å²) in [6.07, 6.45) is 6.33. The van der Waals surface area contributed by atoms with Crippen LogP contribution in [0.2, 0.25) is 0 Å². The molecule has 2 aliphatic rings. The number of thioether (sulfide) groups is 1. The Morgan fingerprint density at radius 3 is 2.68 bits per heavy atom. The van der Waals surface area contributed by atoms with Gasteiger partial charge in [0.1, 0.15) is 0 Å². The summed E-state index contributed by atoms with van der Waals surface area (Å²) in [5, 5.41) is 12.0. The summed E-state index contributed by atoms with van der Waals surface area (Å²) in [5.41, 5.74) is 1.84. The van der Waals surface area contributed by atoms with Gasteiger partial charge in [-0.1, -0.05) is 38.5 Å². The van der Waals surface area contributed by atoms with Gasteiger partial charge in [0.15, 0.2) is 5.17 Å². The van der Waals surface area contributed by atoms with E-state index in [9.17, 15) is 10.1 Å². The van der Waals surface area contributed by atoms with Crippen molar-refractivity contribution in [2.75, 3.05) is 5.75 Å². The smallest absolute Gasteiger partial charge is 0.269 e. The summed E-state index contributed by atoms with van der Waals surface area (Å²) in [4.78, 5) is 18.1. The van der Waals surface area contributed by atoms with Crippen LogP contribution < -0.4 is 0 Å². The molecule has 1 atom stereocenters. The topological polar surface area (TPSA) is 58.7 Å². The highest BCUT2D eigenvalue weighted by molar-refractivity contribution is 8.14. The number of nitro groups is 1. The van der Waals surface area contributed by atoms with Gasteiger partial charge in [-0.25, -0.2) is 4.99 Å². The van der Waals surface area contributed by atoms with Crippen LogP contribution in [0.5, 0.6) is 0 Å². The molecule has 0 bridgehead atoms. The third kappa shape index (κ3) is 4.17. The number of amidine groups is 1. The first kappa shape index (κ1) is 18.2. The third-order valence-electron chi connectivity index (χ3n) is 5.09. The zero-order valence-corrected chi connectivity index (χ0v) is 16.1. The number of aryl methyl sites for hydroxylation is 1. The van der Waals surface area contributed by atoms with Crippen LogP contribution in [0.3, 0.4) is 0 Å². The van der Waals surface area contributed by atoms with Gasteiger partial charge in [-0.15, -0.1) is 0 Å². The van der Waals surface area contributed by atoms with Crippen molar-refractivity contribution in [2.45, 2.75) is 65.0 Å². The minimum atomic E-state index is -0.349. The molecule has 1 aliphatic carbocycles. The van der Waals surface area contributed by atoms with Gasteiger partial charge < -0.3 is 4.90 Å². The summed E-state index contributed by atoms with van der Waals surface area (Å²) in [6.45, 7) is 6.47. The van der Waals surface area contributed by atoms with Crippen LogP contribution in [-0.2, 0) is 0 Å². The summed E-state index contributed by atoms with van der Waals surface area (Å²) < 4.78 is 0. The first-order valence-electron chi connectivity index (χ1n) is 9.20. The molecular formula is C19H27N3O2S. The molecule has 0 amide bonds. The highest BCUT2D eigenvalue weighted by atomic mass is 32.2. The van der Waals surface area contributed by atoms with Gasteiger partial charge >= 0.3 is 0 Å². The van der Waals surface area contributed by atoms with Gasteiger partial charge in [-0.05, 0) is 43.7 Å². The van der Waals surface area contributed by atoms with Gasteiger partial charge in [-0.2, -0.15) is 0 Å². The number of non-ortho nitro benzene ring substituents is 1. The lowest BCUT2D eigenvalue weighted by atomic mass is 10.0. The molecule has 5 nitrogen and oxygen atoms in total. The second kappa shape index (κ2) is 7.77. The second-order valence-corrected chi connectivity index (χ2v) is 8.55. The van der Waals surface area contributed by atoms with Crippen LogP contribution >= 0.6 is 11.8 Å². The molecule has 0 aromatic heterocycles. The third-order valence-corrected chi connectivity index (χ3v) is 6.20. The van der Waals surface area contributed by atoms with Crippen LogP contribution in [0.1, 0.15) is 51.5 Å². The number of nitro benzene ring substituents is 1. The normalized spacial score (nSPS) is 23.1. The van der Waals surface area contributed by atoms with E-state index in [0.29, 0.717) is 18.0 Å². The fourth-order valence-electron chi connectivity index (χ4n) is 3.92. The predicted molar refractivity (Wildman–Crippen MR) is 105 cm³/mol. The standard InChI is InChI=1S/C19H27N3O2S/c1-13(2)10-17-12-25-19(21(17)15-6-4-5-7-15)20-18-9-8-16(22(23)24)11-14(18)3/h8-9,11,13,15,17H,4-7,10,12H2,1-3H3/b20-19-/t17-/m0/s1. The van der Waals surface area contributed by atoms with Crippen LogP contribution in [0, 0.1) is 23.0 Å². The number of benzene rings is 1. The molecule has 25 heavy (non-hydrogen) atoms. The van der Waals surface area contributed by atoms with Gasteiger partial charge in [-0.3, -0.25) is 10.1 Å². The fourth-order valence-corrected chi connectivity index (χ4v) is 5.16. The average Bonchev–Trinajstić information content (AvgIpc) is 3.18. The van der Waals surface area contributed by atoms with Crippen molar-refractivity contribution in [3.8, 4) is 0 Å². The lowest BCUT2D eigenvalue weighted by molar-refractivity contribution is -0.384. The lowest BCUT2D eigenvalue weighted by Gasteiger charge is -2.33. The highest BCUT2D eigenvalue weighted by Crippen LogP contribution is 2.37. The van der Waals surface area contributed by atoms with Gasteiger partial charge in [0.2, 0.25) is 0 Å². The molecule has 6 heteroatoms. The van der Waals surface area contributed by atoms with Crippen molar-refractivity contribution in [1.82, 2.24) is 4.90 Å². The molecule has 1 saturated heterocycles. The Bertz CT molecular complexity index is 669. The van der Waals surface area contributed by atoms with Crippen molar-refractivity contribution in [2.24, 2.45) is 10.9 Å². The van der Waals surface area contributed by atoms with E-state index in [2.05, 4.69) is 18.7 Å². The van der Waals surface area contributed by atoms with Crippen molar-refractivity contribution in [3.63, 3.8) is 0 Å². The highest BCUT2D eigenvalue weighted by Gasteiger charge is 2.36. The first-order chi connectivity index (χ1) is 12.0. The van der Waals surface area contributed by atoms with Gasteiger partial charge in [0.25, 0.3) is 5.69 Å². The van der Waals surface area contributed by atoms with E-state index in [1.165, 1.54) is 32.1 Å². The van der Waals surface area contributed by atoms with Gasteiger partial charge in [0, 0.05) is 30.0 Å². The van der Waals surface area contributed by atoms with E-state index >= 15 is 0 Å². The minimum Gasteiger partial charge on any atom is -0.344 e. The molecule has 1 heterocycles. The van der Waals surface area contributed by atoms with Crippen molar-refractivity contribution >= 4 is 28.3 Å². The molecule has 136 valence electrons. The van der Waals surface area contributed by atoms with Crippen LogP contribution in [0.15, 0.2) is 23.2 Å². The van der Waals surface area contributed by atoms with Crippen LogP contribution in [-0.4, -0.2) is 32.8 Å². The minimum absolute atomic E-state index is 0.130. The number of hydrogen-bond acceptors (Lipinski definition) is 4. The molecular weight excluding hydrogens is 334 g/mol. The van der Waals surface area contributed by atoms with E-state index in [-0.39, 0.29) is 10.6 Å². The lowest BCUT2D eigenvalue weighted by Crippen LogP contribution is -2.41. The molecule has 1 saturated carbocycles. The summed E-state index contributed by atoms with van der Waals surface area (Å²) >= 11 is 1.84. The molecule has 0 N–H and O–H groups in total. The van der Waals surface area contributed by atoms with E-state index in [0.717, 1.165) is 22.2 Å². The Labute approximate surface area is 154 Å². The molecule has 2 fully saturated rings. The Kier molecular flexibility index (Phi) is 5.67. The number of hydrogen-bond donors (Lipinski definition) is 0. The largest absolute Gasteiger partial charge is 0.344 e. The molecule has 3 rings (SSSR count). The second-order valence-electron chi connectivity index (χ2n) is 7.56.